The molecule has 0 atom stereocenters. The first-order chi connectivity index (χ1) is 15.8. The highest BCUT2D eigenvalue weighted by Crippen LogP contribution is 2.25. The molecule has 4 rings (SSSR count). The highest BCUT2D eigenvalue weighted by atomic mass is 35.5. The van der Waals surface area contributed by atoms with Crippen LogP contribution >= 0.6 is 11.6 Å². The third-order valence-electron chi connectivity index (χ3n) is 5.71. The topological polar surface area (TPSA) is 105 Å². The number of carbonyl (C=O) groups is 1. The predicted molar refractivity (Wildman–Crippen MR) is 124 cm³/mol. The van der Waals surface area contributed by atoms with Gasteiger partial charge >= 0.3 is 11.8 Å². The number of benzene rings is 2. The number of nitrogens with one attached hydrogen (secondary N) is 1. The fraction of sp³-hybridized carbons (Fsp3) is 0.348. The van der Waals surface area contributed by atoms with Crippen LogP contribution in [0.3, 0.4) is 0 Å². The van der Waals surface area contributed by atoms with Crippen LogP contribution in [-0.4, -0.2) is 48.5 Å². The molecule has 8 nitrogen and oxygen atoms in total. The van der Waals surface area contributed by atoms with Crippen LogP contribution in [-0.2, 0) is 16.4 Å². The summed E-state index contributed by atoms with van der Waals surface area (Å²) in [5.41, 5.74) is 1.58. The molecular formula is C23H25ClN4O4S. The van der Waals surface area contributed by atoms with Crippen molar-refractivity contribution in [2.45, 2.75) is 31.1 Å². The van der Waals surface area contributed by atoms with Crippen LogP contribution < -0.4 is 5.32 Å². The van der Waals surface area contributed by atoms with Gasteiger partial charge in [-0.2, -0.15) is 4.31 Å². The number of halogens is 1. The Labute approximate surface area is 198 Å². The number of hydrogen-bond acceptors (Lipinski definition) is 6. The Morgan fingerprint density at radius 2 is 1.76 bits per heavy atom. The molecule has 0 spiro atoms. The Bertz CT molecular complexity index is 1200. The van der Waals surface area contributed by atoms with E-state index in [1.165, 1.54) is 16.4 Å². The van der Waals surface area contributed by atoms with Gasteiger partial charge in [-0.15, -0.1) is 10.2 Å². The number of nitrogens with zero attached hydrogens (tertiary/aromatic N) is 3. The van der Waals surface area contributed by atoms with E-state index in [1.807, 2.05) is 12.1 Å². The predicted octanol–water partition coefficient (Wildman–Crippen LogP) is 3.78. The smallest absolute Gasteiger partial charge is 0.308 e. The van der Waals surface area contributed by atoms with Crippen molar-refractivity contribution in [2.24, 2.45) is 5.92 Å². The maximum absolute atomic E-state index is 12.9. The molecule has 1 saturated heterocycles. The molecule has 0 saturated carbocycles. The molecule has 1 N–H and O–H groups in total. The fourth-order valence-corrected chi connectivity index (χ4v) is 5.22. The third kappa shape index (κ3) is 5.61. The van der Waals surface area contributed by atoms with E-state index in [1.54, 1.807) is 24.3 Å². The summed E-state index contributed by atoms with van der Waals surface area (Å²) in [4.78, 5) is 12.5. The minimum atomic E-state index is -3.53. The zero-order valence-electron chi connectivity index (χ0n) is 18.2. The normalized spacial score (nSPS) is 15.5. The SMILES string of the molecule is CC1CCN(S(=O)(=O)c2ccc(-c3nnc(C(=O)NCCc4ccc(Cl)cc4)o3)cc2)CC1. The number of sulfonamides is 1. The van der Waals surface area contributed by atoms with E-state index in [4.69, 9.17) is 16.0 Å². The summed E-state index contributed by atoms with van der Waals surface area (Å²) in [5, 5.41) is 11.1. The first-order valence-electron chi connectivity index (χ1n) is 10.8. The summed E-state index contributed by atoms with van der Waals surface area (Å²) in [6, 6.07) is 13.7. The molecule has 0 bridgehead atoms. The summed E-state index contributed by atoms with van der Waals surface area (Å²) < 4.78 is 32.8. The van der Waals surface area contributed by atoms with Gasteiger partial charge in [-0.1, -0.05) is 30.7 Å². The van der Waals surface area contributed by atoms with E-state index in [9.17, 15) is 13.2 Å². The van der Waals surface area contributed by atoms with Gasteiger partial charge in [0.15, 0.2) is 0 Å². The molecule has 174 valence electrons. The van der Waals surface area contributed by atoms with Gasteiger partial charge in [-0.3, -0.25) is 4.79 Å². The van der Waals surface area contributed by atoms with E-state index < -0.39 is 15.9 Å². The lowest BCUT2D eigenvalue weighted by atomic mass is 10.0. The molecule has 2 heterocycles. The van der Waals surface area contributed by atoms with Crippen LogP contribution in [0.25, 0.3) is 11.5 Å². The van der Waals surface area contributed by atoms with E-state index in [-0.39, 0.29) is 16.7 Å². The van der Waals surface area contributed by atoms with Crippen molar-refractivity contribution in [1.29, 1.82) is 0 Å². The van der Waals surface area contributed by atoms with Gasteiger partial charge in [-0.05, 0) is 67.1 Å². The van der Waals surface area contributed by atoms with E-state index in [0.717, 1.165) is 18.4 Å². The van der Waals surface area contributed by atoms with Gasteiger partial charge in [0.05, 0.1) is 4.90 Å². The Balaban J connectivity index is 1.36. The first-order valence-corrected chi connectivity index (χ1v) is 12.6. The van der Waals surface area contributed by atoms with E-state index in [2.05, 4.69) is 22.4 Å². The summed E-state index contributed by atoms with van der Waals surface area (Å²) in [7, 11) is -3.53. The summed E-state index contributed by atoms with van der Waals surface area (Å²) in [6.07, 6.45) is 2.36. The average Bonchev–Trinajstić information content (AvgIpc) is 3.31. The number of hydrogen-bond donors (Lipinski definition) is 1. The molecule has 1 fully saturated rings. The molecule has 2 aromatic carbocycles. The molecule has 0 aliphatic carbocycles. The quantitative estimate of drug-likeness (QED) is 0.542. The van der Waals surface area contributed by atoms with Crippen molar-refractivity contribution >= 4 is 27.5 Å². The molecule has 1 aliphatic heterocycles. The van der Waals surface area contributed by atoms with Gasteiger partial charge in [-0.25, -0.2) is 8.42 Å². The number of carbonyl (C=O) groups excluding carboxylic acids is 1. The van der Waals surface area contributed by atoms with Crippen molar-refractivity contribution in [2.75, 3.05) is 19.6 Å². The fourth-order valence-electron chi connectivity index (χ4n) is 3.62. The molecule has 33 heavy (non-hydrogen) atoms. The Hall–Kier alpha value is -2.75. The van der Waals surface area contributed by atoms with Crippen molar-refractivity contribution in [1.82, 2.24) is 19.8 Å². The van der Waals surface area contributed by atoms with Gasteiger partial charge < -0.3 is 9.73 Å². The minimum Gasteiger partial charge on any atom is -0.412 e. The van der Waals surface area contributed by atoms with Gasteiger partial charge in [0, 0.05) is 30.2 Å². The maximum Gasteiger partial charge on any atom is 0.308 e. The lowest BCUT2D eigenvalue weighted by Gasteiger charge is -2.29. The molecule has 1 amide bonds. The third-order valence-corrected chi connectivity index (χ3v) is 7.88. The van der Waals surface area contributed by atoms with Crippen LogP contribution in [0.4, 0.5) is 0 Å². The zero-order valence-corrected chi connectivity index (χ0v) is 19.8. The molecular weight excluding hydrogens is 464 g/mol. The van der Waals surface area contributed by atoms with Crippen LogP contribution in [0.15, 0.2) is 57.8 Å². The van der Waals surface area contributed by atoms with Gasteiger partial charge in [0.2, 0.25) is 15.9 Å². The van der Waals surface area contributed by atoms with Crippen molar-refractivity contribution < 1.29 is 17.6 Å². The standard InChI is InChI=1S/C23H25ClN4O4S/c1-16-11-14-28(15-12-16)33(30,31)20-8-4-18(5-9-20)22-26-27-23(32-22)21(29)25-13-10-17-2-6-19(24)7-3-17/h2-9,16H,10-15H2,1H3,(H,25,29). The minimum absolute atomic E-state index is 0.147. The molecule has 0 unspecified atom stereocenters. The average molecular weight is 489 g/mol. The molecule has 10 heteroatoms. The Morgan fingerprint density at radius 1 is 1.09 bits per heavy atom. The maximum atomic E-state index is 12.9. The van der Waals surface area contributed by atoms with Crippen molar-refractivity contribution in [3.05, 3.63) is 65.0 Å². The monoisotopic (exact) mass is 488 g/mol. The Morgan fingerprint density at radius 3 is 2.42 bits per heavy atom. The van der Waals surface area contributed by atoms with Crippen LogP contribution in [0.5, 0.6) is 0 Å². The lowest BCUT2D eigenvalue weighted by molar-refractivity contribution is 0.0920. The summed E-state index contributed by atoms with van der Waals surface area (Å²) in [5.74, 6) is 0.0651. The Kier molecular flexibility index (Phi) is 7.11. The van der Waals surface area contributed by atoms with Crippen LogP contribution in [0.1, 0.15) is 36.0 Å². The first kappa shape index (κ1) is 23.4. The van der Waals surface area contributed by atoms with Crippen molar-refractivity contribution in [3.8, 4) is 11.5 Å². The zero-order chi connectivity index (χ0) is 23.4. The molecule has 1 aromatic heterocycles. The van der Waals surface area contributed by atoms with Crippen molar-refractivity contribution in [3.63, 3.8) is 0 Å². The number of aromatic nitrogens is 2. The molecule has 3 aromatic rings. The van der Waals surface area contributed by atoms with E-state index in [0.29, 0.717) is 42.6 Å². The second kappa shape index (κ2) is 10.0. The number of piperidine rings is 1. The van der Waals surface area contributed by atoms with E-state index >= 15 is 0 Å². The second-order valence-electron chi connectivity index (χ2n) is 8.16. The largest absolute Gasteiger partial charge is 0.412 e. The highest BCUT2D eigenvalue weighted by Gasteiger charge is 2.28. The number of rotatable bonds is 7. The summed E-state index contributed by atoms with van der Waals surface area (Å²) in [6.45, 7) is 3.61. The highest BCUT2D eigenvalue weighted by molar-refractivity contribution is 7.89. The van der Waals surface area contributed by atoms with Crippen LogP contribution in [0.2, 0.25) is 5.02 Å². The lowest BCUT2D eigenvalue weighted by Crippen LogP contribution is -2.37. The van der Waals surface area contributed by atoms with Gasteiger partial charge in [0.1, 0.15) is 0 Å². The molecule has 1 aliphatic rings. The number of amides is 1. The van der Waals surface area contributed by atoms with Crippen LogP contribution in [0, 0.1) is 5.92 Å². The molecule has 0 radical (unpaired) electrons. The summed E-state index contributed by atoms with van der Waals surface area (Å²) >= 11 is 5.87. The second-order valence-corrected chi connectivity index (χ2v) is 10.5. The van der Waals surface area contributed by atoms with Gasteiger partial charge in [0.25, 0.3) is 0 Å².